The molecular weight excluding hydrogens is 443 g/mol. The van der Waals surface area contributed by atoms with E-state index in [4.69, 9.17) is 0 Å². The molecule has 1 saturated heterocycles. The molecule has 2 fully saturated rings. The molecule has 7 heteroatoms. The van der Waals surface area contributed by atoms with Crippen molar-refractivity contribution in [1.29, 1.82) is 0 Å². The number of hydrogen-bond acceptors (Lipinski definition) is 3. The molecule has 0 aromatic carbocycles. The van der Waals surface area contributed by atoms with Crippen LogP contribution in [0.4, 0.5) is 0 Å². The lowest BCUT2D eigenvalue weighted by atomic mass is 10.0. The smallest absolute Gasteiger partial charge is 0.229 e. The zero-order chi connectivity index (χ0) is 17.9. The molecule has 150 valence electrons. The Morgan fingerprint density at radius 2 is 1.77 bits per heavy atom. The second-order valence-corrected chi connectivity index (χ2v) is 7.13. The molecule has 26 heavy (non-hydrogen) atoms. The highest BCUT2D eigenvalue weighted by Crippen LogP contribution is 2.28. The molecule has 0 aromatic heterocycles. The molecule has 0 atom stereocenters. The Kier molecular flexibility index (Phi) is 11.9. The topological polar surface area (TPSA) is 73.8 Å². The van der Waals surface area contributed by atoms with Crippen LogP contribution in [0.25, 0.3) is 0 Å². The number of guanidine groups is 1. The van der Waals surface area contributed by atoms with Crippen LogP contribution in [0.3, 0.4) is 0 Å². The summed E-state index contributed by atoms with van der Waals surface area (Å²) in [5.74, 6) is 1.63. The molecule has 2 N–H and O–H groups in total. The number of nitrogens with zero attached hydrogens (tertiary/aromatic N) is 2. The third kappa shape index (κ3) is 8.22. The van der Waals surface area contributed by atoms with Gasteiger partial charge in [0.15, 0.2) is 5.96 Å². The minimum atomic E-state index is -0.0492. The number of hydrogen-bond donors (Lipinski definition) is 2. The van der Waals surface area contributed by atoms with Crippen molar-refractivity contribution in [1.82, 2.24) is 15.5 Å². The largest absolute Gasteiger partial charge is 0.357 e. The number of likely N-dealkylation sites (tertiary alicyclic amines) is 1. The molecule has 1 aliphatic carbocycles. The third-order valence-corrected chi connectivity index (χ3v) is 5.12. The number of nitrogens with one attached hydrogen (secondary N) is 2. The summed E-state index contributed by atoms with van der Waals surface area (Å²) >= 11 is 0. The van der Waals surface area contributed by atoms with E-state index in [-0.39, 0.29) is 35.8 Å². The van der Waals surface area contributed by atoms with Crippen LogP contribution in [0.5, 0.6) is 0 Å². The maximum absolute atomic E-state index is 11.8. The number of carbonyl (C=O) groups excluding carboxylic acids is 2. The lowest BCUT2D eigenvalue weighted by Gasteiger charge is -2.25. The van der Waals surface area contributed by atoms with Gasteiger partial charge in [0.1, 0.15) is 0 Å². The number of amides is 2. The highest BCUT2D eigenvalue weighted by Gasteiger charge is 2.25. The number of piperidine rings is 1. The van der Waals surface area contributed by atoms with Crippen molar-refractivity contribution in [2.75, 3.05) is 26.2 Å². The Labute approximate surface area is 175 Å². The summed E-state index contributed by atoms with van der Waals surface area (Å²) in [6, 6.07) is 0. The van der Waals surface area contributed by atoms with Gasteiger partial charge in [-0.3, -0.25) is 19.5 Å². The predicted molar refractivity (Wildman–Crippen MR) is 116 cm³/mol. The molecular formula is C19H35IN4O2. The van der Waals surface area contributed by atoms with E-state index in [2.05, 4.69) is 15.6 Å². The van der Waals surface area contributed by atoms with Crippen LogP contribution in [-0.2, 0) is 9.59 Å². The van der Waals surface area contributed by atoms with Crippen LogP contribution in [0.2, 0.25) is 0 Å². The van der Waals surface area contributed by atoms with Crippen LogP contribution in [0, 0.1) is 5.92 Å². The number of halogens is 1. The van der Waals surface area contributed by atoms with Crippen LogP contribution >= 0.6 is 24.0 Å². The van der Waals surface area contributed by atoms with E-state index in [0.29, 0.717) is 32.4 Å². The Bertz CT molecular complexity index is 448. The van der Waals surface area contributed by atoms with Gasteiger partial charge in [0, 0.05) is 39.0 Å². The summed E-state index contributed by atoms with van der Waals surface area (Å²) in [6.07, 6.45) is 11.1. The molecule has 1 heterocycles. The van der Waals surface area contributed by atoms with E-state index in [0.717, 1.165) is 31.4 Å². The summed E-state index contributed by atoms with van der Waals surface area (Å²) in [5.41, 5.74) is 0. The molecule has 6 nitrogen and oxygen atoms in total. The fourth-order valence-corrected chi connectivity index (χ4v) is 3.71. The Hall–Kier alpha value is -0.860. The normalized spacial score (nSPS) is 18.8. The van der Waals surface area contributed by atoms with Gasteiger partial charge in [-0.25, -0.2) is 0 Å². The molecule has 0 aromatic rings. The monoisotopic (exact) mass is 478 g/mol. The highest BCUT2D eigenvalue weighted by molar-refractivity contribution is 14.0. The van der Waals surface area contributed by atoms with Gasteiger partial charge < -0.3 is 10.6 Å². The first-order valence-electron chi connectivity index (χ1n) is 10.1. The summed E-state index contributed by atoms with van der Waals surface area (Å²) < 4.78 is 0. The molecule has 1 aliphatic heterocycles. The minimum Gasteiger partial charge on any atom is -0.357 e. The molecule has 2 amide bonds. The standard InChI is InChI=1S/C19H34N4O2.HI/c1-2-20-19(21-13-6-5-10-16-8-3-4-9-16)22-14-15-23-17(24)11-7-12-18(23)25;/h16H,2-15H2,1H3,(H2,20,21,22);1H. The maximum Gasteiger partial charge on any atom is 0.229 e. The Morgan fingerprint density at radius 3 is 2.42 bits per heavy atom. The summed E-state index contributed by atoms with van der Waals surface area (Å²) in [5, 5.41) is 6.46. The molecule has 0 radical (unpaired) electrons. The van der Waals surface area contributed by atoms with Crippen molar-refractivity contribution in [3.05, 3.63) is 0 Å². The fraction of sp³-hybridized carbons (Fsp3) is 0.842. The first kappa shape index (κ1) is 23.2. The van der Waals surface area contributed by atoms with Crippen molar-refractivity contribution in [2.24, 2.45) is 10.9 Å². The zero-order valence-electron chi connectivity index (χ0n) is 16.1. The van der Waals surface area contributed by atoms with Crippen molar-refractivity contribution in [3.63, 3.8) is 0 Å². The molecule has 0 spiro atoms. The van der Waals surface area contributed by atoms with E-state index < -0.39 is 0 Å². The molecule has 1 saturated carbocycles. The van der Waals surface area contributed by atoms with Gasteiger partial charge in [0.05, 0.1) is 0 Å². The molecule has 2 rings (SSSR count). The number of aliphatic imine (C=N–C) groups is 1. The van der Waals surface area contributed by atoms with Crippen LogP contribution in [0.1, 0.15) is 71.1 Å². The quantitative estimate of drug-likeness (QED) is 0.176. The molecule has 0 unspecified atom stereocenters. The Balaban J connectivity index is 0.00000338. The summed E-state index contributed by atoms with van der Waals surface area (Å²) in [6.45, 7) is 4.63. The van der Waals surface area contributed by atoms with Crippen LogP contribution in [-0.4, -0.2) is 48.9 Å². The van der Waals surface area contributed by atoms with Gasteiger partial charge in [-0.1, -0.05) is 38.5 Å². The first-order chi connectivity index (χ1) is 12.2. The van der Waals surface area contributed by atoms with E-state index in [9.17, 15) is 9.59 Å². The minimum absolute atomic E-state index is 0. The molecule has 2 aliphatic rings. The average Bonchev–Trinajstić information content (AvgIpc) is 3.10. The van der Waals surface area contributed by atoms with E-state index in [1.807, 2.05) is 6.92 Å². The number of imide groups is 1. The third-order valence-electron chi connectivity index (χ3n) is 5.12. The van der Waals surface area contributed by atoms with Crippen molar-refractivity contribution < 1.29 is 9.59 Å². The second kappa shape index (κ2) is 13.3. The average molecular weight is 478 g/mol. The van der Waals surface area contributed by atoms with Gasteiger partial charge in [-0.15, -0.1) is 24.0 Å². The highest BCUT2D eigenvalue weighted by atomic mass is 127. The first-order valence-corrected chi connectivity index (χ1v) is 10.1. The maximum atomic E-state index is 11.8. The van der Waals surface area contributed by atoms with Gasteiger partial charge in [0.2, 0.25) is 11.8 Å². The number of carbonyl (C=O) groups is 2. The van der Waals surface area contributed by atoms with E-state index in [1.165, 1.54) is 43.4 Å². The molecule has 0 bridgehead atoms. The Morgan fingerprint density at radius 1 is 1.08 bits per heavy atom. The van der Waals surface area contributed by atoms with Crippen molar-refractivity contribution in [2.45, 2.75) is 71.1 Å². The lowest BCUT2D eigenvalue weighted by Crippen LogP contribution is -2.46. The SMILES string of the molecule is CCNC(=NCCCCC1CCCC1)NCCN1C(=O)CCCC1=O.I. The number of rotatable bonds is 9. The van der Waals surface area contributed by atoms with Crippen LogP contribution < -0.4 is 10.6 Å². The van der Waals surface area contributed by atoms with E-state index in [1.54, 1.807) is 0 Å². The van der Waals surface area contributed by atoms with Crippen molar-refractivity contribution >= 4 is 41.8 Å². The zero-order valence-corrected chi connectivity index (χ0v) is 18.4. The van der Waals surface area contributed by atoms with Crippen LogP contribution in [0.15, 0.2) is 4.99 Å². The van der Waals surface area contributed by atoms with Gasteiger partial charge in [-0.05, 0) is 25.7 Å². The van der Waals surface area contributed by atoms with Gasteiger partial charge >= 0.3 is 0 Å². The van der Waals surface area contributed by atoms with Gasteiger partial charge in [-0.2, -0.15) is 0 Å². The van der Waals surface area contributed by atoms with Crippen molar-refractivity contribution in [3.8, 4) is 0 Å². The van der Waals surface area contributed by atoms with Gasteiger partial charge in [0.25, 0.3) is 0 Å². The second-order valence-electron chi connectivity index (χ2n) is 7.13. The fourth-order valence-electron chi connectivity index (χ4n) is 3.71. The lowest BCUT2D eigenvalue weighted by molar-refractivity contribution is -0.147. The number of unbranched alkanes of at least 4 members (excludes halogenated alkanes) is 1. The summed E-state index contributed by atoms with van der Waals surface area (Å²) in [7, 11) is 0. The van der Waals surface area contributed by atoms with E-state index >= 15 is 0 Å². The predicted octanol–water partition coefficient (Wildman–Crippen LogP) is 3.06. The summed E-state index contributed by atoms with van der Waals surface area (Å²) in [4.78, 5) is 29.6.